The van der Waals surface area contributed by atoms with Crippen LogP contribution in [0, 0.1) is 6.92 Å². The predicted octanol–water partition coefficient (Wildman–Crippen LogP) is 3.99. The third-order valence-electron chi connectivity index (χ3n) is 4.88. The quantitative estimate of drug-likeness (QED) is 0.358. The Bertz CT molecular complexity index is 1020. The van der Waals surface area contributed by atoms with Gasteiger partial charge in [0.25, 0.3) is 0 Å². The molecule has 0 atom stereocenters. The molecule has 2 aromatic carbocycles. The number of aryl methyl sites for hydroxylation is 1. The van der Waals surface area contributed by atoms with Gasteiger partial charge in [-0.3, -0.25) is 0 Å². The second-order valence-corrected chi connectivity index (χ2v) is 6.69. The molecule has 3 rings (SSSR count). The summed E-state index contributed by atoms with van der Waals surface area (Å²) < 4.78 is 34.6. The van der Waals surface area contributed by atoms with Gasteiger partial charge >= 0.3 is 12.6 Å². The summed E-state index contributed by atoms with van der Waals surface area (Å²) in [5.74, 6) is -0.492. The number of benzene rings is 2. The molecule has 1 aliphatic rings. The largest absolute Gasteiger partial charge is 0.464 e. The summed E-state index contributed by atoms with van der Waals surface area (Å²) in [6, 6.07) is 10.3. The Morgan fingerprint density at radius 3 is 2.61 bits per heavy atom. The van der Waals surface area contributed by atoms with Crippen molar-refractivity contribution >= 4 is 17.4 Å². The van der Waals surface area contributed by atoms with Crippen LogP contribution in [0.15, 0.2) is 46.7 Å². The van der Waals surface area contributed by atoms with E-state index in [1.54, 1.807) is 24.3 Å². The highest BCUT2D eigenvalue weighted by Gasteiger charge is 2.24. The van der Waals surface area contributed by atoms with Crippen LogP contribution in [-0.2, 0) is 32.2 Å². The first kappa shape index (κ1) is 22.2. The maximum absolute atomic E-state index is 12.6. The zero-order valence-electron chi connectivity index (χ0n) is 17.4. The molecule has 0 fully saturated rings. The summed E-state index contributed by atoms with van der Waals surface area (Å²) in [5, 5.41) is 8.01. The number of fused-ring (bicyclic) bond motifs is 1. The van der Waals surface area contributed by atoms with E-state index in [4.69, 9.17) is 14.4 Å². The Hall–Kier alpha value is -3.49. The minimum absolute atomic E-state index is 0.0138. The normalized spacial score (nSPS) is 14.5. The van der Waals surface area contributed by atoms with Crippen molar-refractivity contribution in [3.63, 3.8) is 0 Å². The average Bonchev–Trinajstić information content (AvgIpc) is 3.16. The predicted molar refractivity (Wildman–Crippen MR) is 109 cm³/mol. The molecule has 0 aromatic heterocycles. The number of carbonyl (C=O) groups is 1. The van der Waals surface area contributed by atoms with Crippen molar-refractivity contribution < 1.29 is 32.7 Å². The summed E-state index contributed by atoms with van der Waals surface area (Å²) >= 11 is 0. The van der Waals surface area contributed by atoms with E-state index in [-0.39, 0.29) is 18.1 Å². The molecule has 1 aliphatic carbocycles. The van der Waals surface area contributed by atoms with E-state index in [0.717, 1.165) is 11.1 Å². The standard InChI is InChI=1S/C22H22F2N2O5/c1-13-6-4-8-16(20(26-29-3)21(27)28-2)17(13)12-30-25-18-11-10-15-14(18)7-5-9-19(15)31-22(23)24/h4-9,22H,10-12H2,1-3H3/b25-18+,26-20+. The number of rotatable bonds is 8. The van der Waals surface area contributed by atoms with Gasteiger partial charge in [0.1, 0.15) is 19.5 Å². The fourth-order valence-corrected chi connectivity index (χ4v) is 3.45. The van der Waals surface area contributed by atoms with E-state index < -0.39 is 12.6 Å². The number of oxime groups is 2. The van der Waals surface area contributed by atoms with Crippen molar-refractivity contribution in [2.45, 2.75) is 33.0 Å². The fraction of sp³-hybridized carbons (Fsp3) is 0.318. The van der Waals surface area contributed by atoms with Crippen molar-refractivity contribution in [2.75, 3.05) is 14.2 Å². The number of alkyl halides is 2. The maximum Gasteiger partial charge on any atom is 0.387 e. The first-order chi connectivity index (χ1) is 15.0. The van der Waals surface area contributed by atoms with Crippen LogP contribution in [0.1, 0.15) is 34.2 Å². The number of hydrogen-bond acceptors (Lipinski definition) is 7. The number of nitrogens with zero attached hydrogens (tertiary/aromatic N) is 2. The first-order valence-corrected chi connectivity index (χ1v) is 9.50. The van der Waals surface area contributed by atoms with Crippen LogP contribution in [0.2, 0.25) is 0 Å². The second kappa shape index (κ2) is 10.0. The molecule has 0 unspecified atom stereocenters. The van der Waals surface area contributed by atoms with Gasteiger partial charge in [-0.1, -0.05) is 40.6 Å². The van der Waals surface area contributed by atoms with Crippen molar-refractivity contribution in [1.29, 1.82) is 0 Å². The van der Waals surface area contributed by atoms with Gasteiger partial charge < -0.3 is 19.1 Å². The molecule has 9 heteroatoms. The zero-order valence-corrected chi connectivity index (χ0v) is 17.4. The van der Waals surface area contributed by atoms with Crippen molar-refractivity contribution in [3.05, 3.63) is 64.2 Å². The number of methoxy groups -OCH3 is 1. The van der Waals surface area contributed by atoms with Crippen LogP contribution in [-0.4, -0.2) is 38.2 Å². The van der Waals surface area contributed by atoms with E-state index in [1.165, 1.54) is 20.3 Å². The van der Waals surface area contributed by atoms with Gasteiger partial charge in [0.2, 0.25) is 0 Å². The molecule has 7 nitrogen and oxygen atoms in total. The van der Waals surface area contributed by atoms with Crippen molar-refractivity contribution in [1.82, 2.24) is 0 Å². The highest BCUT2D eigenvalue weighted by Crippen LogP contribution is 2.32. The van der Waals surface area contributed by atoms with E-state index in [9.17, 15) is 13.6 Å². The molecular formula is C22H22F2N2O5. The highest BCUT2D eigenvalue weighted by atomic mass is 19.3. The maximum atomic E-state index is 12.6. The number of ether oxygens (including phenoxy) is 2. The summed E-state index contributed by atoms with van der Waals surface area (Å²) in [6.07, 6.45) is 1.07. The lowest BCUT2D eigenvalue weighted by atomic mass is 9.99. The third-order valence-corrected chi connectivity index (χ3v) is 4.88. The summed E-state index contributed by atoms with van der Waals surface area (Å²) in [7, 11) is 2.60. The van der Waals surface area contributed by atoms with Gasteiger partial charge in [0.05, 0.1) is 12.8 Å². The molecule has 31 heavy (non-hydrogen) atoms. The lowest BCUT2D eigenvalue weighted by Crippen LogP contribution is -2.20. The Morgan fingerprint density at radius 2 is 1.90 bits per heavy atom. The smallest absolute Gasteiger partial charge is 0.387 e. The third kappa shape index (κ3) is 4.99. The number of carbonyl (C=O) groups excluding carboxylic acids is 1. The molecule has 0 saturated carbocycles. The second-order valence-electron chi connectivity index (χ2n) is 6.69. The molecule has 0 N–H and O–H groups in total. The SMILES string of the molecule is CO/N=C(/C(=O)OC)c1cccc(C)c1CO/N=C1\CCc2c(OC(F)F)cccc21. The van der Waals surface area contributed by atoms with Gasteiger partial charge in [-0.15, -0.1) is 0 Å². The number of esters is 1. The molecule has 2 aromatic rings. The van der Waals surface area contributed by atoms with Crippen LogP contribution in [0.3, 0.4) is 0 Å². The molecule has 0 bridgehead atoms. The number of halogens is 2. The monoisotopic (exact) mass is 432 g/mol. The lowest BCUT2D eigenvalue weighted by Gasteiger charge is -2.12. The van der Waals surface area contributed by atoms with Crippen LogP contribution < -0.4 is 4.74 Å². The lowest BCUT2D eigenvalue weighted by molar-refractivity contribution is -0.132. The molecule has 0 heterocycles. The van der Waals surface area contributed by atoms with Crippen LogP contribution in [0.5, 0.6) is 5.75 Å². The van der Waals surface area contributed by atoms with E-state index in [2.05, 4.69) is 15.0 Å². The molecule has 0 saturated heterocycles. The minimum Gasteiger partial charge on any atom is -0.464 e. The molecular weight excluding hydrogens is 410 g/mol. The molecule has 0 spiro atoms. The van der Waals surface area contributed by atoms with Gasteiger partial charge in [0.15, 0.2) is 5.71 Å². The fourth-order valence-electron chi connectivity index (χ4n) is 3.45. The van der Waals surface area contributed by atoms with Crippen molar-refractivity contribution in [3.8, 4) is 5.75 Å². The average molecular weight is 432 g/mol. The highest BCUT2D eigenvalue weighted by molar-refractivity contribution is 6.43. The zero-order chi connectivity index (χ0) is 22.4. The Morgan fingerprint density at radius 1 is 1.13 bits per heavy atom. The van der Waals surface area contributed by atoms with E-state index in [0.29, 0.717) is 35.2 Å². The number of hydrogen-bond donors (Lipinski definition) is 0. The Balaban J connectivity index is 1.84. The summed E-state index contributed by atoms with van der Waals surface area (Å²) in [6.45, 7) is -0.954. The molecule has 0 amide bonds. The minimum atomic E-state index is -2.89. The van der Waals surface area contributed by atoms with Crippen LogP contribution in [0.4, 0.5) is 8.78 Å². The first-order valence-electron chi connectivity index (χ1n) is 9.50. The molecule has 164 valence electrons. The van der Waals surface area contributed by atoms with E-state index >= 15 is 0 Å². The van der Waals surface area contributed by atoms with Crippen molar-refractivity contribution in [2.24, 2.45) is 10.3 Å². The Labute approximate surface area is 178 Å². The Kier molecular flexibility index (Phi) is 7.17. The van der Waals surface area contributed by atoms with Crippen LogP contribution in [0.25, 0.3) is 0 Å². The topological polar surface area (TPSA) is 78.7 Å². The summed E-state index contributed by atoms with van der Waals surface area (Å²) in [5.41, 5.74) is 4.13. The van der Waals surface area contributed by atoms with Crippen LogP contribution >= 0.6 is 0 Å². The molecule has 0 radical (unpaired) electrons. The van der Waals surface area contributed by atoms with Gasteiger partial charge in [-0.25, -0.2) is 4.79 Å². The van der Waals surface area contributed by atoms with E-state index in [1.807, 2.05) is 13.0 Å². The molecule has 0 aliphatic heterocycles. The van der Waals surface area contributed by atoms with Gasteiger partial charge in [0, 0.05) is 22.3 Å². The van der Waals surface area contributed by atoms with Gasteiger partial charge in [-0.05, 0) is 31.4 Å². The van der Waals surface area contributed by atoms with Gasteiger partial charge in [-0.2, -0.15) is 8.78 Å². The summed E-state index contributed by atoms with van der Waals surface area (Å²) in [4.78, 5) is 22.5.